The first-order valence-corrected chi connectivity index (χ1v) is 10.5. The number of hydrogen-bond acceptors (Lipinski definition) is 9. The molecule has 0 aromatic rings. The molecule has 2 N–H and O–H groups in total. The van der Waals surface area contributed by atoms with Crippen molar-refractivity contribution in [2.75, 3.05) is 14.2 Å². The summed E-state index contributed by atoms with van der Waals surface area (Å²) in [4.78, 5) is 15.6. The van der Waals surface area contributed by atoms with Gasteiger partial charge in [0.1, 0.15) is 29.4 Å². The van der Waals surface area contributed by atoms with Crippen LogP contribution in [0, 0.1) is 0 Å². The van der Waals surface area contributed by atoms with Crippen molar-refractivity contribution in [3.63, 3.8) is 0 Å². The average Bonchev–Trinajstić information content (AvgIpc) is 3.06. The molecule has 3 heterocycles. The number of amides is 1. The highest BCUT2D eigenvalue weighted by molar-refractivity contribution is 8.25. The summed E-state index contributed by atoms with van der Waals surface area (Å²) < 4.78 is 55.4. The summed E-state index contributed by atoms with van der Waals surface area (Å²) in [6, 6.07) is -0.486. The number of fused-ring (bicyclic) bond motifs is 3. The Labute approximate surface area is 170 Å². The summed E-state index contributed by atoms with van der Waals surface area (Å²) in [6.07, 6.45) is -6.00. The number of primary amides is 1. The van der Waals surface area contributed by atoms with Crippen LogP contribution in [0.15, 0.2) is 4.99 Å². The molecular formula is C16H24F2N2O6S2. The normalized spacial score (nSPS) is 43.9. The maximum Gasteiger partial charge on any atom is 0.405 e. The topological polar surface area (TPSA) is 102 Å². The Balaban J connectivity index is 1.93. The summed E-state index contributed by atoms with van der Waals surface area (Å²) in [7, 11) is 2.84. The van der Waals surface area contributed by atoms with Crippen LogP contribution in [0.3, 0.4) is 0 Å². The molecule has 3 rings (SSSR count). The first-order chi connectivity index (χ1) is 13.0. The average molecular weight is 443 g/mol. The van der Waals surface area contributed by atoms with Crippen LogP contribution in [0.1, 0.15) is 20.8 Å². The first kappa shape index (κ1) is 22.0. The van der Waals surface area contributed by atoms with Gasteiger partial charge in [-0.15, -0.1) is 11.8 Å². The van der Waals surface area contributed by atoms with Crippen LogP contribution in [0.5, 0.6) is 0 Å². The lowest BCUT2D eigenvalue weighted by Gasteiger charge is -2.56. The molecule has 1 amide bonds. The quantitative estimate of drug-likeness (QED) is 0.692. The van der Waals surface area contributed by atoms with E-state index in [1.807, 2.05) is 0 Å². The summed E-state index contributed by atoms with van der Waals surface area (Å²) in [5.41, 5.74) is 5.07. The van der Waals surface area contributed by atoms with Gasteiger partial charge in [0.2, 0.25) is 11.6 Å². The van der Waals surface area contributed by atoms with Gasteiger partial charge in [0.25, 0.3) is 6.43 Å². The number of rotatable bonds is 5. The van der Waals surface area contributed by atoms with Crippen LogP contribution in [0.25, 0.3) is 0 Å². The van der Waals surface area contributed by atoms with E-state index in [-0.39, 0.29) is 4.58 Å². The fraction of sp³-hybridized carbons (Fsp3) is 0.875. The van der Waals surface area contributed by atoms with E-state index in [0.717, 1.165) is 11.8 Å². The SMILES string of the molecule is CO[C@@]1(C)O[C@@H]2[C@H]3N=C(C(C)OC(N)=O)S[C@H]3S[C@H](C(F)F)[C@H]2O[C@]1(C)OC. The van der Waals surface area contributed by atoms with E-state index in [4.69, 9.17) is 29.4 Å². The van der Waals surface area contributed by atoms with E-state index in [0.29, 0.717) is 5.04 Å². The van der Waals surface area contributed by atoms with Gasteiger partial charge in [0.15, 0.2) is 0 Å². The molecule has 0 aliphatic carbocycles. The second-order valence-corrected chi connectivity index (χ2v) is 9.71. The van der Waals surface area contributed by atoms with Gasteiger partial charge in [-0.1, -0.05) is 11.8 Å². The minimum absolute atomic E-state index is 0.342. The van der Waals surface area contributed by atoms with Gasteiger partial charge < -0.3 is 29.4 Å². The van der Waals surface area contributed by atoms with Crippen LogP contribution in [-0.4, -0.2) is 77.5 Å². The van der Waals surface area contributed by atoms with Gasteiger partial charge in [-0.05, 0) is 20.8 Å². The second kappa shape index (κ2) is 7.88. The molecule has 3 aliphatic rings. The number of carbonyl (C=O) groups excluding carboxylic acids is 1. The minimum Gasteiger partial charge on any atom is -0.440 e. The van der Waals surface area contributed by atoms with E-state index in [2.05, 4.69) is 4.99 Å². The Kier molecular flexibility index (Phi) is 6.20. The van der Waals surface area contributed by atoms with E-state index >= 15 is 0 Å². The Morgan fingerprint density at radius 3 is 2.29 bits per heavy atom. The van der Waals surface area contributed by atoms with Crippen molar-refractivity contribution >= 4 is 34.7 Å². The zero-order chi connectivity index (χ0) is 20.9. The highest BCUT2D eigenvalue weighted by Crippen LogP contribution is 2.53. The van der Waals surface area contributed by atoms with Crippen molar-refractivity contribution in [1.29, 1.82) is 0 Å². The number of halogens is 2. The summed E-state index contributed by atoms with van der Waals surface area (Å²) >= 11 is 2.35. The van der Waals surface area contributed by atoms with Crippen molar-refractivity contribution < 1.29 is 37.3 Å². The molecule has 0 bridgehead atoms. The van der Waals surface area contributed by atoms with Crippen molar-refractivity contribution in [3.05, 3.63) is 0 Å². The van der Waals surface area contributed by atoms with Gasteiger partial charge in [-0.2, -0.15) is 0 Å². The van der Waals surface area contributed by atoms with Gasteiger partial charge in [0.05, 0.1) is 9.83 Å². The number of nitrogens with zero attached hydrogens (tertiary/aromatic N) is 1. The van der Waals surface area contributed by atoms with Crippen LogP contribution in [0.4, 0.5) is 13.6 Å². The number of ether oxygens (including phenoxy) is 5. The monoisotopic (exact) mass is 442 g/mol. The number of methoxy groups -OCH3 is 2. The molecule has 8 atom stereocenters. The van der Waals surface area contributed by atoms with Gasteiger partial charge >= 0.3 is 6.09 Å². The lowest BCUT2D eigenvalue weighted by atomic mass is 9.97. The first-order valence-electron chi connectivity index (χ1n) is 8.65. The standard InChI is InChI=1S/C16H24F2N2O6S2/c1-6(24-14(19)21)12-20-7-8-9(10(11(17)18)27-13(7)28-12)26-16(3,23-5)15(2,22-4)25-8/h6-11,13H,1-5H3,(H2,19,21)/t6?,7-,8-,9+,10+,13-,15+,16+/m1/s1. The number of alkyl halides is 2. The molecule has 2 fully saturated rings. The van der Waals surface area contributed by atoms with Crippen molar-refractivity contribution in [2.45, 2.75) is 73.0 Å². The van der Waals surface area contributed by atoms with Crippen LogP contribution < -0.4 is 5.73 Å². The van der Waals surface area contributed by atoms with E-state index in [9.17, 15) is 13.6 Å². The fourth-order valence-electron chi connectivity index (χ4n) is 3.48. The molecule has 12 heteroatoms. The molecule has 160 valence electrons. The Morgan fingerprint density at radius 1 is 1.21 bits per heavy atom. The van der Waals surface area contributed by atoms with Crippen molar-refractivity contribution in [2.24, 2.45) is 10.7 Å². The summed E-state index contributed by atoms with van der Waals surface area (Å²) in [6.45, 7) is 4.85. The lowest BCUT2D eigenvalue weighted by molar-refractivity contribution is -0.450. The van der Waals surface area contributed by atoms with Crippen LogP contribution in [0.2, 0.25) is 0 Å². The Hall–Kier alpha value is -0.660. The van der Waals surface area contributed by atoms with Crippen LogP contribution >= 0.6 is 23.5 Å². The van der Waals surface area contributed by atoms with Gasteiger partial charge in [-0.3, -0.25) is 4.99 Å². The molecule has 28 heavy (non-hydrogen) atoms. The smallest absolute Gasteiger partial charge is 0.405 e. The van der Waals surface area contributed by atoms with Gasteiger partial charge in [-0.25, -0.2) is 13.6 Å². The van der Waals surface area contributed by atoms with Crippen molar-refractivity contribution in [1.82, 2.24) is 0 Å². The summed E-state index contributed by atoms with van der Waals surface area (Å²) in [5.74, 6) is -2.72. The number of thioether (sulfide) groups is 2. The number of carbonyl (C=O) groups is 1. The number of hydrogen-bond donors (Lipinski definition) is 1. The van der Waals surface area contributed by atoms with Crippen molar-refractivity contribution in [3.8, 4) is 0 Å². The zero-order valence-electron chi connectivity index (χ0n) is 16.1. The second-order valence-electron chi connectivity index (χ2n) is 6.92. The predicted molar refractivity (Wildman–Crippen MR) is 101 cm³/mol. The molecule has 1 unspecified atom stereocenters. The molecular weight excluding hydrogens is 418 g/mol. The molecule has 0 aromatic heterocycles. The highest BCUT2D eigenvalue weighted by Gasteiger charge is 2.64. The molecule has 0 saturated carbocycles. The summed E-state index contributed by atoms with van der Waals surface area (Å²) in [5, 5.41) is -0.644. The van der Waals surface area contributed by atoms with E-state index in [1.165, 1.54) is 26.0 Å². The third-order valence-corrected chi connectivity index (χ3v) is 8.43. The highest BCUT2D eigenvalue weighted by atomic mass is 32.2. The number of aliphatic imine (C=N–C) groups is 1. The molecule has 0 spiro atoms. The molecule has 3 aliphatic heterocycles. The molecule has 8 nitrogen and oxygen atoms in total. The third kappa shape index (κ3) is 3.63. The predicted octanol–water partition coefficient (Wildman–Crippen LogP) is 2.20. The molecule has 2 saturated heterocycles. The minimum atomic E-state index is -2.64. The Morgan fingerprint density at radius 2 is 1.79 bits per heavy atom. The fourth-order valence-corrected chi connectivity index (χ4v) is 6.57. The Bertz CT molecular complexity index is 659. The van der Waals surface area contributed by atoms with E-state index in [1.54, 1.807) is 20.8 Å². The largest absolute Gasteiger partial charge is 0.440 e. The zero-order valence-corrected chi connectivity index (χ0v) is 17.7. The molecule has 0 aromatic carbocycles. The van der Waals surface area contributed by atoms with E-state index < -0.39 is 53.7 Å². The third-order valence-electron chi connectivity index (χ3n) is 5.28. The lowest BCUT2D eigenvalue weighted by Crippen LogP contribution is -2.71. The van der Waals surface area contributed by atoms with Gasteiger partial charge in [0, 0.05) is 14.2 Å². The maximum absolute atomic E-state index is 13.8. The number of nitrogens with two attached hydrogens (primary N) is 1. The maximum atomic E-state index is 13.8. The molecule has 0 radical (unpaired) electrons. The van der Waals surface area contributed by atoms with Crippen LogP contribution in [-0.2, 0) is 23.7 Å².